The highest BCUT2D eigenvalue weighted by Gasteiger charge is 2.29. The van der Waals surface area contributed by atoms with E-state index in [0.29, 0.717) is 17.4 Å². The average Bonchev–Trinajstić information content (AvgIpc) is 3.23. The standard InChI is InChI=1S/C15H17BrN4O/c1-8-6-7-17-14(11(8)10-4-5-10)18-15(21)13-12(16)9(2)20(3)19-13/h6-7,10H,4-5H2,1-3H3,(H,17,18,21). The van der Waals surface area contributed by atoms with Gasteiger partial charge in [0.05, 0.1) is 10.2 Å². The van der Waals surface area contributed by atoms with E-state index in [1.807, 2.05) is 20.0 Å². The Hall–Kier alpha value is -1.69. The maximum atomic E-state index is 12.5. The smallest absolute Gasteiger partial charge is 0.278 e. The second-order valence-corrected chi connectivity index (χ2v) is 6.28. The third kappa shape index (κ3) is 2.60. The van der Waals surface area contributed by atoms with Crippen molar-refractivity contribution in [3.63, 3.8) is 0 Å². The minimum atomic E-state index is -0.231. The zero-order chi connectivity index (χ0) is 15.1. The first-order valence-electron chi connectivity index (χ1n) is 6.95. The molecule has 6 heteroatoms. The number of hydrogen-bond acceptors (Lipinski definition) is 3. The van der Waals surface area contributed by atoms with Gasteiger partial charge in [-0.2, -0.15) is 5.10 Å². The third-order valence-corrected chi connectivity index (χ3v) is 4.85. The van der Waals surface area contributed by atoms with E-state index in [9.17, 15) is 4.79 Å². The second kappa shape index (κ2) is 5.26. The molecule has 1 aliphatic rings. The van der Waals surface area contributed by atoms with Gasteiger partial charge < -0.3 is 5.32 Å². The summed E-state index contributed by atoms with van der Waals surface area (Å²) in [5.74, 6) is 0.964. The highest BCUT2D eigenvalue weighted by molar-refractivity contribution is 9.10. The molecule has 2 aromatic rings. The van der Waals surface area contributed by atoms with Gasteiger partial charge in [0.2, 0.25) is 0 Å². The number of aryl methyl sites for hydroxylation is 2. The monoisotopic (exact) mass is 348 g/mol. The summed E-state index contributed by atoms with van der Waals surface area (Å²) in [6, 6.07) is 1.99. The number of halogens is 1. The van der Waals surface area contributed by atoms with Crippen LogP contribution in [0.15, 0.2) is 16.7 Å². The SMILES string of the molecule is Cc1ccnc(NC(=O)c2nn(C)c(C)c2Br)c1C1CC1. The van der Waals surface area contributed by atoms with Gasteiger partial charge in [-0.15, -0.1) is 0 Å². The van der Waals surface area contributed by atoms with Crippen LogP contribution < -0.4 is 5.32 Å². The molecule has 1 aliphatic carbocycles. The van der Waals surface area contributed by atoms with Gasteiger partial charge in [0.15, 0.2) is 5.69 Å². The maximum absolute atomic E-state index is 12.5. The van der Waals surface area contributed by atoms with E-state index in [1.165, 1.54) is 18.4 Å². The van der Waals surface area contributed by atoms with Crippen molar-refractivity contribution in [2.75, 3.05) is 5.32 Å². The Bertz CT molecular complexity index is 719. The fourth-order valence-corrected chi connectivity index (χ4v) is 2.97. The molecule has 0 saturated heterocycles. The van der Waals surface area contributed by atoms with Gasteiger partial charge in [-0.3, -0.25) is 9.48 Å². The molecule has 110 valence electrons. The number of anilines is 1. The topological polar surface area (TPSA) is 59.8 Å². The molecule has 5 nitrogen and oxygen atoms in total. The summed E-state index contributed by atoms with van der Waals surface area (Å²) in [5, 5.41) is 7.16. The minimum absolute atomic E-state index is 0.231. The van der Waals surface area contributed by atoms with Crippen LogP contribution in [-0.2, 0) is 7.05 Å². The number of rotatable bonds is 3. The van der Waals surface area contributed by atoms with Crippen molar-refractivity contribution in [3.8, 4) is 0 Å². The quantitative estimate of drug-likeness (QED) is 0.925. The van der Waals surface area contributed by atoms with Crippen molar-refractivity contribution in [2.24, 2.45) is 7.05 Å². The molecule has 0 spiro atoms. The maximum Gasteiger partial charge on any atom is 0.278 e. The summed E-state index contributed by atoms with van der Waals surface area (Å²) in [6.45, 7) is 3.97. The summed E-state index contributed by atoms with van der Waals surface area (Å²) in [4.78, 5) is 16.8. The van der Waals surface area contributed by atoms with Gasteiger partial charge in [-0.05, 0) is 60.2 Å². The second-order valence-electron chi connectivity index (χ2n) is 5.49. The van der Waals surface area contributed by atoms with Crippen molar-refractivity contribution in [1.82, 2.24) is 14.8 Å². The van der Waals surface area contributed by atoms with Crippen LogP contribution >= 0.6 is 15.9 Å². The molecule has 1 saturated carbocycles. The van der Waals surface area contributed by atoms with Gasteiger partial charge >= 0.3 is 0 Å². The van der Waals surface area contributed by atoms with Crippen molar-refractivity contribution in [2.45, 2.75) is 32.6 Å². The number of nitrogens with one attached hydrogen (secondary N) is 1. The van der Waals surface area contributed by atoms with Crippen LogP contribution in [0.1, 0.15) is 46.1 Å². The van der Waals surface area contributed by atoms with Crippen LogP contribution in [0.3, 0.4) is 0 Å². The molecule has 2 heterocycles. The van der Waals surface area contributed by atoms with Crippen molar-refractivity contribution in [1.29, 1.82) is 0 Å². The number of hydrogen-bond donors (Lipinski definition) is 1. The molecule has 1 fully saturated rings. The molecule has 0 radical (unpaired) electrons. The van der Waals surface area contributed by atoms with Gasteiger partial charge in [0, 0.05) is 18.8 Å². The zero-order valence-electron chi connectivity index (χ0n) is 12.3. The predicted octanol–water partition coefficient (Wildman–Crippen LogP) is 3.32. The van der Waals surface area contributed by atoms with Gasteiger partial charge in [0.1, 0.15) is 5.82 Å². The Labute approximate surface area is 131 Å². The highest BCUT2D eigenvalue weighted by Crippen LogP contribution is 2.44. The summed E-state index contributed by atoms with van der Waals surface area (Å²) in [7, 11) is 1.82. The van der Waals surface area contributed by atoms with Crippen LogP contribution in [0.5, 0.6) is 0 Å². The lowest BCUT2D eigenvalue weighted by molar-refractivity contribution is 0.102. The van der Waals surface area contributed by atoms with E-state index in [-0.39, 0.29) is 5.91 Å². The lowest BCUT2D eigenvalue weighted by Crippen LogP contribution is -2.16. The first-order valence-corrected chi connectivity index (χ1v) is 7.74. The highest BCUT2D eigenvalue weighted by atomic mass is 79.9. The minimum Gasteiger partial charge on any atom is -0.305 e. The van der Waals surface area contributed by atoms with Gasteiger partial charge in [0.25, 0.3) is 5.91 Å². The van der Waals surface area contributed by atoms with E-state index in [4.69, 9.17) is 0 Å². The van der Waals surface area contributed by atoms with E-state index < -0.39 is 0 Å². The van der Waals surface area contributed by atoms with E-state index in [0.717, 1.165) is 15.7 Å². The van der Waals surface area contributed by atoms with E-state index in [1.54, 1.807) is 10.9 Å². The molecule has 0 aromatic carbocycles. The lowest BCUT2D eigenvalue weighted by Gasteiger charge is -2.11. The largest absolute Gasteiger partial charge is 0.305 e. The summed E-state index contributed by atoms with van der Waals surface area (Å²) < 4.78 is 2.41. The van der Waals surface area contributed by atoms with Crippen LogP contribution in [0, 0.1) is 13.8 Å². The number of carbonyl (C=O) groups excluding carboxylic acids is 1. The van der Waals surface area contributed by atoms with Gasteiger partial charge in [-0.25, -0.2) is 4.98 Å². The van der Waals surface area contributed by atoms with Crippen LogP contribution in [-0.4, -0.2) is 20.7 Å². The van der Waals surface area contributed by atoms with Gasteiger partial charge in [-0.1, -0.05) is 0 Å². The first-order chi connectivity index (χ1) is 9.99. The van der Waals surface area contributed by atoms with Crippen LogP contribution in [0.4, 0.5) is 5.82 Å². The molecule has 1 amide bonds. The normalized spacial score (nSPS) is 14.3. The summed E-state index contributed by atoms with van der Waals surface area (Å²) in [6.07, 6.45) is 4.07. The summed E-state index contributed by atoms with van der Waals surface area (Å²) in [5.41, 5.74) is 3.65. The Morgan fingerprint density at radius 3 is 2.71 bits per heavy atom. The van der Waals surface area contributed by atoms with Crippen molar-refractivity contribution >= 4 is 27.7 Å². The number of nitrogens with zero attached hydrogens (tertiary/aromatic N) is 3. The molecule has 1 N–H and O–H groups in total. The summed E-state index contributed by atoms with van der Waals surface area (Å²) >= 11 is 3.42. The number of pyridine rings is 1. The predicted molar refractivity (Wildman–Crippen MR) is 84.5 cm³/mol. The van der Waals surface area contributed by atoms with E-state index in [2.05, 4.69) is 38.3 Å². The Kier molecular flexibility index (Phi) is 3.57. The molecule has 0 bridgehead atoms. The zero-order valence-corrected chi connectivity index (χ0v) is 13.9. The Morgan fingerprint density at radius 2 is 2.14 bits per heavy atom. The van der Waals surface area contributed by atoms with Crippen molar-refractivity contribution < 1.29 is 4.79 Å². The molecular weight excluding hydrogens is 332 g/mol. The number of amides is 1. The van der Waals surface area contributed by atoms with Crippen molar-refractivity contribution in [3.05, 3.63) is 39.3 Å². The molecule has 0 unspecified atom stereocenters. The van der Waals surface area contributed by atoms with Crippen LogP contribution in [0.2, 0.25) is 0 Å². The Balaban J connectivity index is 1.92. The molecule has 0 atom stereocenters. The first kappa shape index (κ1) is 14.3. The molecule has 3 rings (SSSR count). The van der Waals surface area contributed by atoms with Crippen LogP contribution in [0.25, 0.3) is 0 Å². The molecular formula is C15H17BrN4O. The Morgan fingerprint density at radius 1 is 1.43 bits per heavy atom. The average molecular weight is 349 g/mol. The fourth-order valence-electron chi connectivity index (χ4n) is 2.45. The third-order valence-electron chi connectivity index (χ3n) is 3.90. The number of carbonyl (C=O) groups is 1. The lowest BCUT2D eigenvalue weighted by atomic mass is 10.1. The molecule has 2 aromatic heterocycles. The molecule has 0 aliphatic heterocycles. The number of aromatic nitrogens is 3. The fraction of sp³-hybridized carbons (Fsp3) is 0.400. The van der Waals surface area contributed by atoms with E-state index >= 15 is 0 Å². The molecule has 21 heavy (non-hydrogen) atoms.